The minimum Gasteiger partial charge on any atom is -0.368 e. The molecule has 1 atom stereocenters. The molecular weight excluding hydrogens is 260 g/mol. The van der Waals surface area contributed by atoms with Crippen LogP contribution in [0.3, 0.4) is 0 Å². The molecule has 0 amide bonds. The van der Waals surface area contributed by atoms with Crippen LogP contribution in [0.4, 0.5) is 11.5 Å². The van der Waals surface area contributed by atoms with Gasteiger partial charge in [0.25, 0.3) is 0 Å². The summed E-state index contributed by atoms with van der Waals surface area (Å²) >= 11 is 0. The van der Waals surface area contributed by atoms with Crippen molar-refractivity contribution in [3.05, 3.63) is 54.2 Å². The largest absolute Gasteiger partial charge is 0.368 e. The fourth-order valence-electron chi connectivity index (χ4n) is 2.72. The average Bonchev–Trinajstić information content (AvgIpc) is 2.56. The first-order chi connectivity index (χ1) is 10.2. The van der Waals surface area contributed by atoms with E-state index in [4.69, 9.17) is 5.73 Å². The van der Waals surface area contributed by atoms with E-state index in [1.54, 1.807) is 0 Å². The lowest BCUT2D eigenvalue weighted by Crippen LogP contribution is -2.46. The van der Waals surface area contributed by atoms with Crippen LogP contribution in [0.5, 0.6) is 0 Å². The van der Waals surface area contributed by atoms with Gasteiger partial charge in [0.05, 0.1) is 0 Å². The number of nitrogens with zero attached hydrogens (tertiary/aromatic N) is 3. The Kier molecular flexibility index (Phi) is 4.06. The molecule has 4 nitrogen and oxygen atoms in total. The number of pyridine rings is 1. The molecule has 1 fully saturated rings. The summed E-state index contributed by atoms with van der Waals surface area (Å²) in [5.74, 6) is 1.07. The molecule has 2 N–H and O–H groups in total. The summed E-state index contributed by atoms with van der Waals surface area (Å²) in [6.45, 7) is 6.07. The van der Waals surface area contributed by atoms with E-state index in [-0.39, 0.29) is 6.04 Å². The summed E-state index contributed by atoms with van der Waals surface area (Å²) in [7, 11) is 0. The van der Waals surface area contributed by atoms with Crippen LogP contribution < -0.4 is 15.5 Å². The topological polar surface area (TPSA) is 45.4 Å². The van der Waals surface area contributed by atoms with Gasteiger partial charge in [-0.1, -0.05) is 18.2 Å². The third-order valence-corrected chi connectivity index (χ3v) is 4.04. The molecule has 21 heavy (non-hydrogen) atoms. The first kappa shape index (κ1) is 13.9. The summed E-state index contributed by atoms with van der Waals surface area (Å²) in [4.78, 5) is 9.19. The van der Waals surface area contributed by atoms with Crippen molar-refractivity contribution in [3.63, 3.8) is 0 Å². The standard InChI is InChI=1S/C17H22N4/c1-14(18)15-5-7-16(8-6-15)20-10-12-21(13-11-20)17-4-2-3-9-19-17/h2-9,14H,10-13,18H2,1H3. The van der Waals surface area contributed by atoms with E-state index >= 15 is 0 Å². The maximum Gasteiger partial charge on any atom is 0.128 e. The van der Waals surface area contributed by atoms with Crippen molar-refractivity contribution < 1.29 is 0 Å². The van der Waals surface area contributed by atoms with Crippen LogP contribution in [0.25, 0.3) is 0 Å². The molecule has 1 aliphatic heterocycles. The van der Waals surface area contributed by atoms with Gasteiger partial charge >= 0.3 is 0 Å². The predicted molar refractivity (Wildman–Crippen MR) is 87.7 cm³/mol. The molecule has 1 saturated heterocycles. The molecular formula is C17H22N4. The number of piperazine rings is 1. The van der Waals surface area contributed by atoms with Crippen LogP contribution in [0.1, 0.15) is 18.5 Å². The Labute approximate surface area is 126 Å². The fourth-order valence-corrected chi connectivity index (χ4v) is 2.72. The van der Waals surface area contributed by atoms with Gasteiger partial charge in [-0.2, -0.15) is 0 Å². The third-order valence-electron chi connectivity index (χ3n) is 4.04. The van der Waals surface area contributed by atoms with Gasteiger partial charge in [-0.3, -0.25) is 0 Å². The molecule has 0 spiro atoms. The van der Waals surface area contributed by atoms with Crippen LogP contribution in [0, 0.1) is 0 Å². The SMILES string of the molecule is CC(N)c1ccc(N2CCN(c3ccccn3)CC2)cc1. The Morgan fingerprint density at radius 1 is 0.952 bits per heavy atom. The number of anilines is 2. The van der Waals surface area contributed by atoms with E-state index in [1.165, 1.54) is 11.3 Å². The number of benzene rings is 1. The molecule has 0 radical (unpaired) electrons. The lowest BCUT2D eigenvalue weighted by Gasteiger charge is -2.36. The molecule has 4 heteroatoms. The van der Waals surface area contributed by atoms with Gasteiger partial charge in [0.1, 0.15) is 5.82 Å². The highest BCUT2D eigenvalue weighted by Gasteiger charge is 2.18. The maximum absolute atomic E-state index is 5.90. The Hall–Kier alpha value is -2.07. The van der Waals surface area contributed by atoms with Crippen molar-refractivity contribution >= 4 is 11.5 Å². The molecule has 1 aliphatic rings. The molecule has 1 aromatic heterocycles. The highest BCUT2D eigenvalue weighted by molar-refractivity contribution is 5.50. The number of aromatic nitrogens is 1. The fraction of sp³-hybridized carbons (Fsp3) is 0.353. The van der Waals surface area contributed by atoms with E-state index in [9.17, 15) is 0 Å². The van der Waals surface area contributed by atoms with E-state index in [0.29, 0.717) is 0 Å². The summed E-state index contributed by atoms with van der Waals surface area (Å²) in [5, 5.41) is 0. The van der Waals surface area contributed by atoms with Crippen molar-refractivity contribution in [1.29, 1.82) is 0 Å². The number of hydrogen-bond donors (Lipinski definition) is 1. The van der Waals surface area contributed by atoms with Crippen molar-refractivity contribution in [2.75, 3.05) is 36.0 Å². The molecule has 0 aliphatic carbocycles. The summed E-state index contributed by atoms with van der Waals surface area (Å²) in [6.07, 6.45) is 1.86. The summed E-state index contributed by atoms with van der Waals surface area (Å²) in [5.41, 5.74) is 8.36. The van der Waals surface area contributed by atoms with Crippen LogP contribution >= 0.6 is 0 Å². The van der Waals surface area contributed by atoms with Crippen molar-refractivity contribution in [2.24, 2.45) is 5.73 Å². The molecule has 1 aromatic carbocycles. The zero-order valence-electron chi connectivity index (χ0n) is 12.4. The van der Waals surface area contributed by atoms with Crippen molar-refractivity contribution in [2.45, 2.75) is 13.0 Å². The van der Waals surface area contributed by atoms with Gasteiger partial charge in [0, 0.05) is 44.1 Å². The van der Waals surface area contributed by atoms with Crippen LogP contribution in [0.15, 0.2) is 48.7 Å². The average molecular weight is 282 g/mol. The molecule has 3 rings (SSSR count). The minimum atomic E-state index is 0.0973. The smallest absolute Gasteiger partial charge is 0.128 e. The number of rotatable bonds is 3. The number of nitrogens with two attached hydrogens (primary N) is 1. The van der Waals surface area contributed by atoms with E-state index in [1.807, 2.05) is 25.3 Å². The first-order valence-corrected chi connectivity index (χ1v) is 7.50. The Balaban J connectivity index is 1.63. The maximum atomic E-state index is 5.90. The van der Waals surface area contributed by atoms with Gasteiger partial charge < -0.3 is 15.5 Å². The lowest BCUT2D eigenvalue weighted by atomic mass is 10.1. The molecule has 110 valence electrons. The second-order valence-corrected chi connectivity index (χ2v) is 5.54. The zero-order valence-corrected chi connectivity index (χ0v) is 12.4. The van der Waals surface area contributed by atoms with Gasteiger partial charge in [0.2, 0.25) is 0 Å². The molecule has 0 bridgehead atoms. The van der Waals surface area contributed by atoms with Gasteiger partial charge in [-0.15, -0.1) is 0 Å². The first-order valence-electron chi connectivity index (χ1n) is 7.50. The predicted octanol–water partition coefficient (Wildman–Crippen LogP) is 2.43. The minimum absolute atomic E-state index is 0.0973. The third kappa shape index (κ3) is 3.16. The molecule has 2 heterocycles. The molecule has 1 unspecified atom stereocenters. The van der Waals surface area contributed by atoms with Gasteiger partial charge in [-0.25, -0.2) is 4.98 Å². The van der Waals surface area contributed by atoms with Gasteiger partial charge in [-0.05, 0) is 36.8 Å². The highest BCUT2D eigenvalue weighted by Crippen LogP contribution is 2.21. The quantitative estimate of drug-likeness (QED) is 0.939. The second-order valence-electron chi connectivity index (χ2n) is 5.54. The number of hydrogen-bond acceptors (Lipinski definition) is 4. The molecule has 2 aromatic rings. The van der Waals surface area contributed by atoms with E-state index in [0.717, 1.165) is 32.0 Å². The van der Waals surface area contributed by atoms with Crippen molar-refractivity contribution in [1.82, 2.24) is 4.98 Å². The van der Waals surface area contributed by atoms with Crippen LogP contribution in [-0.2, 0) is 0 Å². The molecule has 0 saturated carbocycles. The highest BCUT2D eigenvalue weighted by atomic mass is 15.3. The Bertz CT molecular complexity index is 557. The van der Waals surface area contributed by atoms with Crippen LogP contribution in [0.2, 0.25) is 0 Å². The monoisotopic (exact) mass is 282 g/mol. The summed E-state index contributed by atoms with van der Waals surface area (Å²) in [6, 6.07) is 14.8. The van der Waals surface area contributed by atoms with Gasteiger partial charge in [0.15, 0.2) is 0 Å². The second kappa shape index (κ2) is 6.14. The van der Waals surface area contributed by atoms with E-state index in [2.05, 4.69) is 45.1 Å². The van der Waals surface area contributed by atoms with Crippen molar-refractivity contribution in [3.8, 4) is 0 Å². The Morgan fingerprint density at radius 3 is 2.19 bits per heavy atom. The van der Waals surface area contributed by atoms with E-state index < -0.39 is 0 Å². The lowest BCUT2D eigenvalue weighted by molar-refractivity contribution is 0.647. The normalized spacial score (nSPS) is 16.9. The Morgan fingerprint density at radius 2 is 1.62 bits per heavy atom. The zero-order chi connectivity index (χ0) is 14.7. The summed E-state index contributed by atoms with van der Waals surface area (Å²) < 4.78 is 0. The van der Waals surface area contributed by atoms with Crippen LogP contribution in [-0.4, -0.2) is 31.2 Å².